The Labute approximate surface area is 131 Å². The second kappa shape index (κ2) is 4.37. The van der Waals surface area contributed by atoms with Gasteiger partial charge in [-0.1, -0.05) is 38.8 Å². The van der Waals surface area contributed by atoms with Crippen LogP contribution in [-0.2, 0) is 0 Å². The number of likely N-dealkylation sites (tertiary alicyclic amines) is 1. The maximum Gasteiger partial charge on any atom is 0.0139 e. The van der Waals surface area contributed by atoms with E-state index in [4.69, 9.17) is 0 Å². The molecule has 1 aliphatic heterocycles. The zero-order valence-corrected chi connectivity index (χ0v) is 14.8. The number of hydrogen-bond acceptors (Lipinski definition) is 1. The van der Waals surface area contributed by atoms with Gasteiger partial charge in [-0.2, -0.15) is 0 Å². The highest BCUT2D eigenvalue weighted by Crippen LogP contribution is 2.76. The molecule has 0 aromatic rings. The number of allylic oxidation sites excluding steroid dienone is 2. The Hall–Kier alpha value is -0.300. The largest absolute Gasteiger partial charge is 0.298 e. The lowest BCUT2D eigenvalue weighted by molar-refractivity contribution is 0.0798. The zero-order chi connectivity index (χ0) is 15.1. The lowest BCUT2D eigenvalue weighted by Gasteiger charge is -2.45. The van der Waals surface area contributed by atoms with E-state index in [2.05, 4.69) is 46.4 Å². The summed E-state index contributed by atoms with van der Waals surface area (Å²) in [6.07, 6.45) is 4.47. The van der Waals surface area contributed by atoms with E-state index in [9.17, 15) is 0 Å². The predicted octanol–water partition coefficient (Wildman–Crippen LogP) is 4.73. The van der Waals surface area contributed by atoms with E-state index in [1.807, 2.05) is 11.1 Å². The highest BCUT2D eigenvalue weighted by atomic mass is 15.2. The van der Waals surface area contributed by atoms with Gasteiger partial charge in [0.15, 0.2) is 0 Å². The molecule has 3 fully saturated rings. The molecule has 0 N–H and O–H groups in total. The average Bonchev–Trinajstić information content (AvgIpc) is 3.27. The molecule has 0 aromatic heterocycles. The Bertz CT molecular complexity index is 486. The number of rotatable bonds is 3. The van der Waals surface area contributed by atoms with Gasteiger partial charge in [0.25, 0.3) is 0 Å². The van der Waals surface area contributed by atoms with Crippen molar-refractivity contribution in [3.8, 4) is 0 Å². The van der Waals surface area contributed by atoms with Crippen LogP contribution in [-0.4, -0.2) is 23.5 Å². The molecule has 5 atom stereocenters. The van der Waals surface area contributed by atoms with Gasteiger partial charge in [0.1, 0.15) is 0 Å². The summed E-state index contributed by atoms with van der Waals surface area (Å²) in [6.45, 7) is 16.0. The van der Waals surface area contributed by atoms with Crippen molar-refractivity contribution < 1.29 is 0 Å². The molecule has 4 rings (SSSR count). The smallest absolute Gasteiger partial charge is 0.0139 e. The van der Waals surface area contributed by atoms with Crippen LogP contribution in [0.5, 0.6) is 0 Å². The molecule has 1 heterocycles. The van der Waals surface area contributed by atoms with Gasteiger partial charge in [-0.15, -0.1) is 0 Å². The second-order valence-corrected chi connectivity index (χ2v) is 9.16. The summed E-state index contributed by atoms with van der Waals surface area (Å²) in [7, 11) is 0. The predicted molar refractivity (Wildman–Crippen MR) is 89.1 cm³/mol. The van der Waals surface area contributed by atoms with E-state index < -0.39 is 0 Å². The summed E-state index contributed by atoms with van der Waals surface area (Å²) in [5.74, 6) is 4.56. The molecular weight excluding hydrogens is 254 g/mol. The molecule has 0 amide bonds. The standard InChI is InChI=1S/C20H33N/c1-11(2)18-14-9-15(14)20(19(18)12(3)4)7-8-21(13(5)6)17-10-16(17)20/h11-17H,7-10H2,1-6H3. The van der Waals surface area contributed by atoms with Gasteiger partial charge in [-0.3, -0.25) is 4.90 Å². The minimum absolute atomic E-state index is 0.633. The molecule has 0 radical (unpaired) electrons. The summed E-state index contributed by atoms with van der Waals surface area (Å²) < 4.78 is 0. The van der Waals surface area contributed by atoms with Crippen molar-refractivity contribution in [3.05, 3.63) is 11.1 Å². The van der Waals surface area contributed by atoms with E-state index in [0.717, 1.165) is 41.7 Å². The van der Waals surface area contributed by atoms with Crippen LogP contribution < -0.4 is 0 Å². The quantitative estimate of drug-likeness (QED) is 0.678. The van der Waals surface area contributed by atoms with Crippen molar-refractivity contribution >= 4 is 0 Å². The van der Waals surface area contributed by atoms with Gasteiger partial charge in [-0.25, -0.2) is 0 Å². The molecule has 0 aromatic carbocycles. The molecule has 1 heteroatoms. The first-order valence-electron chi connectivity index (χ1n) is 9.39. The highest BCUT2D eigenvalue weighted by molar-refractivity contribution is 5.44. The Morgan fingerprint density at radius 1 is 0.952 bits per heavy atom. The van der Waals surface area contributed by atoms with Gasteiger partial charge in [-0.05, 0) is 69.2 Å². The summed E-state index contributed by atoms with van der Waals surface area (Å²) >= 11 is 0. The van der Waals surface area contributed by atoms with Crippen LogP contribution in [0.3, 0.4) is 0 Å². The summed E-state index contributed by atoms with van der Waals surface area (Å²) in [5, 5.41) is 0. The van der Waals surface area contributed by atoms with Crippen molar-refractivity contribution in [1.29, 1.82) is 0 Å². The van der Waals surface area contributed by atoms with Crippen LogP contribution in [0.4, 0.5) is 0 Å². The van der Waals surface area contributed by atoms with Crippen molar-refractivity contribution in [2.24, 2.45) is 35.0 Å². The Morgan fingerprint density at radius 3 is 2.24 bits per heavy atom. The third-order valence-electron chi connectivity index (χ3n) is 7.15. The Balaban J connectivity index is 1.73. The topological polar surface area (TPSA) is 3.24 Å². The molecule has 118 valence electrons. The van der Waals surface area contributed by atoms with Gasteiger partial charge in [0.05, 0.1) is 0 Å². The van der Waals surface area contributed by atoms with Crippen molar-refractivity contribution in [2.45, 2.75) is 72.9 Å². The SMILES string of the molecule is CC(C)C1=C(C(C)C)C2(CCN(C(C)C)C3CC32)C2CC12. The molecule has 1 spiro atoms. The van der Waals surface area contributed by atoms with Gasteiger partial charge >= 0.3 is 0 Å². The fourth-order valence-corrected chi connectivity index (χ4v) is 6.59. The van der Waals surface area contributed by atoms with Gasteiger partial charge in [0, 0.05) is 17.5 Å². The number of piperidine rings is 1. The second-order valence-electron chi connectivity index (χ2n) is 9.16. The van der Waals surface area contributed by atoms with E-state index >= 15 is 0 Å². The lowest BCUT2D eigenvalue weighted by atomic mass is 9.65. The average molecular weight is 287 g/mol. The first-order valence-corrected chi connectivity index (χ1v) is 9.39. The molecule has 1 saturated heterocycles. The third-order valence-corrected chi connectivity index (χ3v) is 7.15. The summed E-state index contributed by atoms with van der Waals surface area (Å²) in [6, 6.07) is 1.66. The number of nitrogens with zero attached hydrogens (tertiary/aromatic N) is 1. The zero-order valence-electron chi connectivity index (χ0n) is 14.8. The van der Waals surface area contributed by atoms with E-state index in [1.54, 1.807) is 0 Å². The van der Waals surface area contributed by atoms with Crippen LogP contribution in [0.1, 0.15) is 60.8 Å². The third kappa shape index (κ3) is 1.73. The molecule has 4 aliphatic rings. The Kier molecular flexibility index (Phi) is 2.98. The Morgan fingerprint density at radius 2 is 1.67 bits per heavy atom. The number of hydrogen-bond donors (Lipinski definition) is 0. The van der Waals surface area contributed by atoms with Crippen LogP contribution in [0.15, 0.2) is 11.1 Å². The fourth-order valence-electron chi connectivity index (χ4n) is 6.59. The molecule has 1 nitrogen and oxygen atoms in total. The summed E-state index contributed by atoms with van der Waals surface area (Å²) in [4.78, 5) is 2.80. The van der Waals surface area contributed by atoms with Gasteiger partial charge in [0.2, 0.25) is 0 Å². The van der Waals surface area contributed by atoms with Crippen molar-refractivity contribution in [1.82, 2.24) is 4.90 Å². The maximum absolute atomic E-state index is 2.80. The van der Waals surface area contributed by atoms with E-state index in [0.29, 0.717) is 5.41 Å². The first-order chi connectivity index (χ1) is 9.89. The maximum atomic E-state index is 2.80. The highest BCUT2D eigenvalue weighted by Gasteiger charge is 2.71. The lowest BCUT2D eigenvalue weighted by Crippen LogP contribution is -2.46. The molecule has 21 heavy (non-hydrogen) atoms. The minimum Gasteiger partial charge on any atom is -0.298 e. The normalized spacial score (nSPS) is 45.0. The first kappa shape index (κ1) is 14.3. The fraction of sp³-hybridized carbons (Fsp3) is 0.900. The summed E-state index contributed by atoms with van der Waals surface area (Å²) in [5.41, 5.74) is 4.47. The van der Waals surface area contributed by atoms with Crippen LogP contribution in [0.25, 0.3) is 0 Å². The van der Waals surface area contributed by atoms with Crippen LogP contribution >= 0.6 is 0 Å². The van der Waals surface area contributed by atoms with E-state index in [1.165, 1.54) is 25.8 Å². The monoisotopic (exact) mass is 287 g/mol. The van der Waals surface area contributed by atoms with Crippen LogP contribution in [0.2, 0.25) is 0 Å². The van der Waals surface area contributed by atoms with Crippen molar-refractivity contribution in [2.75, 3.05) is 6.54 Å². The molecule has 2 saturated carbocycles. The number of fused-ring (bicyclic) bond motifs is 4. The minimum atomic E-state index is 0.633. The molecular formula is C20H33N. The van der Waals surface area contributed by atoms with E-state index in [-0.39, 0.29) is 0 Å². The molecule has 0 bridgehead atoms. The molecule has 3 aliphatic carbocycles. The van der Waals surface area contributed by atoms with Gasteiger partial charge < -0.3 is 0 Å². The molecule has 5 unspecified atom stereocenters. The van der Waals surface area contributed by atoms with Crippen LogP contribution in [0, 0.1) is 35.0 Å². The van der Waals surface area contributed by atoms with Crippen molar-refractivity contribution in [3.63, 3.8) is 0 Å².